The van der Waals surface area contributed by atoms with Gasteiger partial charge in [-0.2, -0.15) is 0 Å². The summed E-state index contributed by atoms with van der Waals surface area (Å²) in [7, 11) is 0. The maximum atomic E-state index is 10.6. The molecular formula is C14H19NO2. The van der Waals surface area contributed by atoms with E-state index >= 15 is 0 Å². The summed E-state index contributed by atoms with van der Waals surface area (Å²) >= 11 is 0. The van der Waals surface area contributed by atoms with E-state index in [9.17, 15) is 4.79 Å². The highest BCUT2D eigenvalue weighted by Crippen LogP contribution is 2.25. The Kier molecular flexibility index (Phi) is 4.02. The summed E-state index contributed by atoms with van der Waals surface area (Å²) in [6.07, 6.45) is 3.43. The summed E-state index contributed by atoms with van der Waals surface area (Å²) < 4.78 is 0. The lowest BCUT2D eigenvalue weighted by Gasteiger charge is -2.34. The maximum Gasteiger partial charge on any atom is 0.303 e. The molecule has 2 rings (SSSR count). The lowest BCUT2D eigenvalue weighted by Crippen LogP contribution is -2.35. The first kappa shape index (κ1) is 12.0. The van der Waals surface area contributed by atoms with Crippen LogP contribution in [0.3, 0.4) is 0 Å². The van der Waals surface area contributed by atoms with Gasteiger partial charge in [0.1, 0.15) is 0 Å². The van der Waals surface area contributed by atoms with E-state index in [1.807, 2.05) is 6.07 Å². The van der Waals surface area contributed by atoms with Crippen LogP contribution < -0.4 is 4.90 Å². The molecule has 0 radical (unpaired) electrons. The molecule has 1 aromatic rings. The Bertz CT molecular complexity index is 364. The van der Waals surface area contributed by atoms with Gasteiger partial charge in [0, 0.05) is 25.2 Å². The fourth-order valence-corrected chi connectivity index (χ4v) is 2.50. The predicted molar refractivity (Wildman–Crippen MR) is 68.2 cm³/mol. The number of carboxylic acids is 1. The van der Waals surface area contributed by atoms with Gasteiger partial charge in [-0.15, -0.1) is 0 Å². The first-order valence-electron chi connectivity index (χ1n) is 6.27. The lowest BCUT2D eigenvalue weighted by molar-refractivity contribution is -0.137. The van der Waals surface area contributed by atoms with E-state index < -0.39 is 5.97 Å². The van der Waals surface area contributed by atoms with E-state index in [0.717, 1.165) is 25.9 Å². The Morgan fingerprint density at radius 2 is 2.12 bits per heavy atom. The second-order valence-electron chi connectivity index (χ2n) is 4.72. The Balaban J connectivity index is 1.91. The Hall–Kier alpha value is -1.51. The lowest BCUT2D eigenvalue weighted by atomic mass is 9.93. The van der Waals surface area contributed by atoms with Crippen LogP contribution in [0.25, 0.3) is 0 Å². The number of rotatable bonds is 4. The van der Waals surface area contributed by atoms with Gasteiger partial charge in [0.15, 0.2) is 0 Å². The van der Waals surface area contributed by atoms with Gasteiger partial charge in [-0.25, -0.2) is 0 Å². The van der Waals surface area contributed by atoms with Crippen LogP contribution in [0.15, 0.2) is 30.3 Å². The molecule has 1 aliphatic rings. The molecule has 0 bridgehead atoms. The molecule has 1 saturated heterocycles. The number of aliphatic carboxylic acids is 1. The van der Waals surface area contributed by atoms with Crippen LogP contribution in [0.2, 0.25) is 0 Å². The standard InChI is InChI=1S/C14H19NO2/c16-14(17)9-8-12-5-4-10-15(11-12)13-6-2-1-3-7-13/h1-3,6-7,12H,4-5,8-11H2,(H,16,17). The van der Waals surface area contributed by atoms with Crippen molar-refractivity contribution in [3.63, 3.8) is 0 Å². The molecular weight excluding hydrogens is 214 g/mol. The van der Waals surface area contributed by atoms with Gasteiger partial charge < -0.3 is 10.0 Å². The zero-order chi connectivity index (χ0) is 12.1. The minimum absolute atomic E-state index is 0.299. The van der Waals surface area contributed by atoms with E-state index in [1.54, 1.807) is 0 Å². The summed E-state index contributed by atoms with van der Waals surface area (Å²) in [6, 6.07) is 10.4. The number of hydrogen-bond donors (Lipinski definition) is 1. The average molecular weight is 233 g/mol. The monoisotopic (exact) mass is 233 g/mol. The van der Waals surface area contributed by atoms with Crippen molar-refractivity contribution < 1.29 is 9.90 Å². The van der Waals surface area contributed by atoms with Gasteiger partial charge in [0.2, 0.25) is 0 Å². The van der Waals surface area contributed by atoms with Crippen molar-refractivity contribution in [1.82, 2.24) is 0 Å². The van der Waals surface area contributed by atoms with Crippen molar-refractivity contribution in [2.75, 3.05) is 18.0 Å². The van der Waals surface area contributed by atoms with Crippen molar-refractivity contribution in [3.8, 4) is 0 Å². The minimum Gasteiger partial charge on any atom is -0.481 e. The smallest absolute Gasteiger partial charge is 0.303 e. The van der Waals surface area contributed by atoms with Crippen molar-refractivity contribution in [1.29, 1.82) is 0 Å². The molecule has 0 saturated carbocycles. The van der Waals surface area contributed by atoms with Crippen LogP contribution in [0.1, 0.15) is 25.7 Å². The van der Waals surface area contributed by atoms with Crippen LogP contribution >= 0.6 is 0 Å². The summed E-state index contributed by atoms with van der Waals surface area (Å²) in [6.45, 7) is 2.09. The fraction of sp³-hybridized carbons (Fsp3) is 0.500. The topological polar surface area (TPSA) is 40.5 Å². The Morgan fingerprint density at radius 1 is 1.35 bits per heavy atom. The predicted octanol–water partition coefficient (Wildman–Crippen LogP) is 2.77. The molecule has 0 spiro atoms. The zero-order valence-electron chi connectivity index (χ0n) is 10.0. The number of hydrogen-bond acceptors (Lipinski definition) is 2. The molecule has 1 fully saturated rings. The third-order valence-electron chi connectivity index (χ3n) is 3.41. The maximum absolute atomic E-state index is 10.6. The number of piperidine rings is 1. The second kappa shape index (κ2) is 5.71. The first-order valence-corrected chi connectivity index (χ1v) is 6.27. The number of carbonyl (C=O) groups is 1. The van der Waals surface area contributed by atoms with Crippen molar-refractivity contribution in [3.05, 3.63) is 30.3 Å². The van der Waals surface area contributed by atoms with Gasteiger partial charge in [0.25, 0.3) is 0 Å². The number of benzene rings is 1. The minimum atomic E-state index is -0.679. The normalized spacial score (nSPS) is 20.2. The van der Waals surface area contributed by atoms with Crippen molar-refractivity contribution in [2.24, 2.45) is 5.92 Å². The third-order valence-corrected chi connectivity index (χ3v) is 3.41. The fourth-order valence-electron chi connectivity index (χ4n) is 2.50. The van der Waals surface area contributed by atoms with Crippen LogP contribution in [-0.4, -0.2) is 24.2 Å². The molecule has 1 aromatic carbocycles. The third kappa shape index (κ3) is 3.48. The van der Waals surface area contributed by atoms with Crippen molar-refractivity contribution in [2.45, 2.75) is 25.7 Å². The molecule has 17 heavy (non-hydrogen) atoms. The largest absolute Gasteiger partial charge is 0.481 e. The number of nitrogens with zero attached hydrogens (tertiary/aromatic N) is 1. The number of para-hydroxylation sites is 1. The molecule has 0 aliphatic carbocycles. The molecule has 0 aromatic heterocycles. The molecule has 1 heterocycles. The van der Waals surface area contributed by atoms with E-state index in [2.05, 4.69) is 29.2 Å². The summed E-state index contributed by atoms with van der Waals surface area (Å²) in [5.74, 6) is -0.151. The van der Waals surface area contributed by atoms with Crippen molar-refractivity contribution >= 4 is 11.7 Å². The SMILES string of the molecule is O=C(O)CCC1CCCN(c2ccccc2)C1. The molecule has 92 valence electrons. The molecule has 1 N–H and O–H groups in total. The summed E-state index contributed by atoms with van der Waals surface area (Å²) in [5.41, 5.74) is 1.26. The molecule has 3 heteroatoms. The number of anilines is 1. The number of carboxylic acid groups (broad SMARTS) is 1. The highest BCUT2D eigenvalue weighted by Gasteiger charge is 2.20. The van der Waals surface area contributed by atoms with Crippen LogP contribution in [0, 0.1) is 5.92 Å². The zero-order valence-corrected chi connectivity index (χ0v) is 10.0. The van der Waals surface area contributed by atoms with E-state index in [1.165, 1.54) is 12.1 Å². The van der Waals surface area contributed by atoms with Gasteiger partial charge in [-0.3, -0.25) is 4.79 Å². The van der Waals surface area contributed by atoms with E-state index in [4.69, 9.17) is 5.11 Å². The summed E-state index contributed by atoms with van der Waals surface area (Å²) in [5, 5.41) is 8.71. The molecule has 3 nitrogen and oxygen atoms in total. The van der Waals surface area contributed by atoms with Gasteiger partial charge in [-0.1, -0.05) is 18.2 Å². The Labute approximate surface area is 102 Å². The molecule has 0 amide bonds. The van der Waals surface area contributed by atoms with Crippen LogP contribution in [0.5, 0.6) is 0 Å². The quantitative estimate of drug-likeness (QED) is 0.869. The highest BCUT2D eigenvalue weighted by atomic mass is 16.4. The summed E-state index contributed by atoms with van der Waals surface area (Å²) in [4.78, 5) is 13.0. The molecule has 1 atom stereocenters. The second-order valence-corrected chi connectivity index (χ2v) is 4.72. The van der Waals surface area contributed by atoms with Crippen LogP contribution in [0.4, 0.5) is 5.69 Å². The van der Waals surface area contributed by atoms with E-state index in [0.29, 0.717) is 12.3 Å². The molecule has 1 unspecified atom stereocenters. The van der Waals surface area contributed by atoms with Gasteiger partial charge in [-0.05, 0) is 37.3 Å². The molecule has 1 aliphatic heterocycles. The van der Waals surface area contributed by atoms with E-state index in [-0.39, 0.29) is 0 Å². The first-order chi connectivity index (χ1) is 8.25. The van der Waals surface area contributed by atoms with Gasteiger partial charge >= 0.3 is 5.97 Å². The van der Waals surface area contributed by atoms with Crippen LogP contribution in [-0.2, 0) is 4.79 Å². The highest BCUT2D eigenvalue weighted by molar-refractivity contribution is 5.66. The Morgan fingerprint density at radius 3 is 2.82 bits per heavy atom. The van der Waals surface area contributed by atoms with Gasteiger partial charge in [0.05, 0.1) is 0 Å². The average Bonchev–Trinajstić information content (AvgIpc) is 2.38.